The normalized spacial score (nSPS) is 11.0. The summed E-state index contributed by atoms with van der Waals surface area (Å²) >= 11 is 0. The molecule has 2 aromatic rings. The minimum absolute atomic E-state index is 0.0521. The van der Waals surface area contributed by atoms with Gasteiger partial charge in [-0.15, -0.1) is 0 Å². The first-order valence-electron chi connectivity index (χ1n) is 5.95. The Labute approximate surface area is 118 Å². The predicted molar refractivity (Wildman–Crippen MR) is 80.1 cm³/mol. The summed E-state index contributed by atoms with van der Waals surface area (Å²) in [6, 6.07) is 15.3. The van der Waals surface area contributed by atoms with Gasteiger partial charge >= 0.3 is 0 Å². The second-order valence-corrected chi connectivity index (χ2v) is 6.06. The lowest BCUT2D eigenvalue weighted by Crippen LogP contribution is -2.15. The zero-order valence-corrected chi connectivity index (χ0v) is 11.5. The summed E-state index contributed by atoms with van der Waals surface area (Å²) in [5.41, 5.74) is 7.06. The van der Waals surface area contributed by atoms with Crippen molar-refractivity contribution in [2.45, 2.75) is 5.75 Å². The number of rotatable bonds is 5. The smallest absolute Gasteiger partial charge is 0.236 e. The van der Waals surface area contributed by atoms with E-state index in [1.807, 2.05) is 6.07 Å². The minimum Gasteiger partial charge on any atom is -0.384 e. The molecule has 0 atom stereocenters. The van der Waals surface area contributed by atoms with Gasteiger partial charge in [-0.1, -0.05) is 30.3 Å². The summed E-state index contributed by atoms with van der Waals surface area (Å²) in [6.07, 6.45) is 0. The lowest BCUT2D eigenvalue weighted by Gasteiger charge is -2.08. The van der Waals surface area contributed by atoms with Crippen LogP contribution in [0.4, 0.5) is 5.69 Å². The van der Waals surface area contributed by atoms with Gasteiger partial charge in [0.25, 0.3) is 0 Å². The van der Waals surface area contributed by atoms with E-state index in [1.54, 1.807) is 48.5 Å². The first-order chi connectivity index (χ1) is 9.46. The zero-order chi connectivity index (χ0) is 14.6. The second kappa shape index (κ2) is 5.75. The van der Waals surface area contributed by atoms with E-state index in [1.165, 1.54) is 0 Å². The van der Waals surface area contributed by atoms with E-state index in [-0.39, 0.29) is 11.6 Å². The first-order valence-corrected chi connectivity index (χ1v) is 7.60. The molecule has 2 rings (SSSR count). The van der Waals surface area contributed by atoms with Crippen LogP contribution < -0.4 is 10.5 Å². The van der Waals surface area contributed by atoms with Gasteiger partial charge in [-0.3, -0.25) is 10.1 Å². The molecule has 0 spiro atoms. The van der Waals surface area contributed by atoms with Gasteiger partial charge in [-0.25, -0.2) is 8.42 Å². The topological polar surface area (TPSA) is 96.0 Å². The number of hydrogen-bond donors (Lipinski definition) is 3. The largest absolute Gasteiger partial charge is 0.384 e. The molecule has 4 N–H and O–H groups in total. The van der Waals surface area contributed by atoms with Crippen LogP contribution in [0.15, 0.2) is 54.6 Å². The Hall–Kier alpha value is -2.34. The number of benzene rings is 2. The van der Waals surface area contributed by atoms with Crippen LogP contribution in [0.25, 0.3) is 0 Å². The van der Waals surface area contributed by atoms with Gasteiger partial charge in [0.05, 0.1) is 5.75 Å². The van der Waals surface area contributed by atoms with Crippen molar-refractivity contribution in [3.63, 3.8) is 0 Å². The van der Waals surface area contributed by atoms with Crippen molar-refractivity contribution in [1.29, 1.82) is 5.41 Å². The van der Waals surface area contributed by atoms with Gasteiger partial charge in [0.15, 0.2) is 0 Å². The molecule has 20 heavy (non-hydrogen) atoms. The number of sulfonamides is 1. The van der Waals surface area contributed by atoms with Crippen LogP contribution in [-0.4, -0.2) is 14.3 Å². The fraction of sp³-hybridized carbons (Fsp3) is 0.0714. The third-order valence-electron chi connectivity index (χ3n) is 2.67. The molecule has 6 heteroatoms. The van der Waals surface area contributed by atoms with E-state index in [9.17, 15) is 8.42 Å². The van der Waals surface area contributed by atoms with Gasteiger partial charge in [0.2, 0.25) is 10.0 Å². The number of nitrogens with one attached hydrogen (secondary N) is 2. The second-order valence-electron chi connectivity index (χ2n) is 4.34. The standard InChI is InChI=1S/C14H15N3O2S/c15-14(16)12-6-8-13(9-7-12)17-20(18,19)10-11-4-2-1-3-5-11/h1-9,17H,10H2,(H3,15,16). The number of nitrogens with two attached hydrogens (primary N) is 1. The highest BCUT2D eigenvalue weighted by Crippen LogP contribution is 2.13. The van der Waals surface area contributed by atoms with E-state index in [2.05, 4.69) is 4.72 Å². The van der Waals surface area contributed by atoms with Crippen molar-refractivity contribution < 1.29 is 8.42 Å². The highest BCUT2D eigenvalue weighted by Gasteiger charge is 2.11. The average Bonchev–Trinajstić information content (AvgIpc) is 2.39. The van der Waals surface area contributed by atoms with Crippen LogP contribution in [0.5, 0.6) is 0 Å². The average molecular weight is 289 g/mol. The molecule has 0 radical (unpaired) electrons. The molecule has 0 bridgehead atoms. The number of amidine groups is 1. The molecular weight excluding hydrogens is 274 g/mol. The van der Waals surface area contributed by atoms with Gasteiger partial charge in [-0.2, -0.15) is 0 Å². The molecule has 0 heterocycles. The monoisotopic (exact) mass is 289 g/mol. The molecule has 2 aromatic carbocycles. The molecule has 0 aromatic heterocycles. The SMILES string of the molecule is N=C(N)c1ccc(NS(=O)(=O)Cc2ccccc2)cc1. The van der Waals surface area contributed by atoms with E-state index in [4.69, 9.17) is 11.1 Å². The van der Waals surface area contributed by atoms with Crippen LogP contribution in [0.2, 0.25) is 0 Å². The minimum atomic E-state index is -3.46. The molecule has 0 aliphatic heterocycles. The van der Waals surface area contributed by atoms with E-state index in [0.29, 0.717) is 11.3 Å². The van der Waals surface area contributed by atoms with Gasteiger partial charge < -0.3 is 5.73 Å². The Balaban J connectivity index is 2.10. The number of hydrogen-bond acceptors (Lipinski definition) is 3. The molecule has 5 nitrogen and oxygen atoms in total. The summed E-state index contributed by atoms with van der Waals surface area (Å²) in [6.45, 7) is 0. The fourth-order valence-electron chi connectivity index (χ4n) is 1.73. The lowest BCUT2D eigenvalue weighted by atomic mass is 10.2. The Morgan fingerprint density at radius 2 is 1.65 bits per heavy atom. The molecular formula is C14H15N3O2S. The molecule has 0 amide bonds. The molecule has 0 saturated carbocycles. The third kappa shape index (κ3) is 3.83. The maximum absolute atomic E-state index is 12.0. The molecule has 104 valence electrons. The Morgan fingerprint density at radius 3 is 2.20 bits per heavy atom. The Kier molecular flexibility index (Phi) is 4.05. The van der Waals surface area contributed by atoms with Crippen molar-refractivity contribution in [3.8, 4) is 0 Å². The van der Waals surface area contributed by atoms with Crippen molar-refractivity contribution in [1.82, 2.24) is 0 Å². The molecule has 0 fully saturated rings. The maximum atomic E-state index is 12.0. The Bertz CT molecular complexity index is 695. The lowest BCUT2D eigenvalue weighted by molar-refractivity contribution is 0.600. The molecule has 0 unspecified atom stereocenters. The third-order valence-corrected chi connectivity index (χ3v) is 3.93. The molecule has 0 aliphatic rings. The maximum Gasteiger partial charge on any atom is 0.236 e. The van der Waals surface area contributed by atoms with Crippen molar-refractivity contribution in [3.05, 3.63) is 65.7 Å². The summed E-state index contributed by atoms with van der Waals surface area (Å²) in [5, 5.41) is 7.27. The Morgan fingerprint density at radius 1 is 1.05 bits per heavy atom. The van der Waals surface area contributed by atoms with Crippen LogP contribution in [0.1, 0.15) is 11.1 Å². The van der Waals surface area contributed by atoms with Crippen LogP contribution in [0.3, 0.4) is 0 Å². The zero-order valence-electron chi connectivity index (χ0n) is 10.7. The summed E-state index contributed by atoms with van der Waals surface area (Å²) < 4.78 is 26.5. The number of anilines is 1. The van der Waals surface area contributed by atoms with Crippen LogP contribution >= 0.6 is 0 Å². The fourth-order valence-corrected chi connectivity index (χ4v) is 2.93. The quantitative estimate of drug-likeness (QED) is 0.579. The van der Waals surface area contributed by atoms with Gasteiger partial charge in [-0.05, 0) is 29.8 Å². The summed E-state index contributed by atoms with van der Waals surface area (Å²) in [5.74, 6) is -0.133. The molecule has 0 aliphatic carbocycles. The summed E-state index contributed by atoms with van der Waals surface area (Å²) in [4.78, 5) is 0. The summed E-state index contributed by atoms with van der Waals surface area (Å²) in [7, 11) is -3.46. The van der Waals surface area contributed by atoms with E-state index in [0.717, 1.165) is 5.56 Å². The first kappa shape index (κ1) is 14.1. The van der Waals surface area contributed by atoms with Crippen LogP contribution in [0, 0.1) is 5.41 Å². The van der Waals surface area contributed by atoms with Crippen molar-refractivity contribution >= 4 is 21.5 Å². The predicted octanol–water partition coefficient (Wildman–Crippen LogP) is 1.91. The highest BCUT2D eigenvalue weighted by atomic mass is 32.2. The van der Waals surface area contributed by atoms with Crippen molar-refractivity contribution in [2.75, 3.05) is 4.72 Å². The van der Waals surface area contributed by atoms with E-state index >= 15 is 0 Å². The van der Waals surface area contributed by atoms with Crippen molar-refractivity contribution in [2.24, 2.45) is 5.73 Å². The highest BCUT2D eigenvalue weighted by molar-refractivity contribution is 7.91. The number of nitrogen functional groups attached to an aromatic ring is 1. The molecule has 0 saturated heterocycles. The van der Waals surface area contributed by atoms with Crippen LogP contribution in [-0.2, 0) is 15.8 Å². The van der Waals surface area contributed by atoms with Gasteiger partial charge in [0, 0.05) is 11.3 Å². The van der Waals surface area contributed by atoms with E-state index < -0.39 is 10.0 Å². The van der Waals surface area contributed by atoms with Gasteiger partial charge in [0.1, 0.15) is 5.84 Å².